The molecule has 0 radical (unpaired) electrons. The molecule has 8 heteroatoms. The number of imide groups is 1. The van der Waals surface area contributed by atoms with Crippen LogP contribution in [0.3, 0.4) is 0 Å². The third-order valence-corrected chi connectivity index (χ3v) is 3.86. The van der Waals surface area contributed by atoms with Gasteiger partial charge in [0.05, 0.1) is 17.2 Å². The molecule has 122 valence electrons. The van der Waals surface area contributed by atoms with Gasteiger partial charge in [0.2, 0.25) is 5.91 Å². The van der Waals surface area contributed by atoms with E-state index in [1.54, 1.807) is 12.1 Å². The van der Waals surface area contributed by atoms with Gasteiger partial charge in [-0.3, -0.25) is 24.5 Å². The smallest absolute Gasteiger partial charge is 0.262 e. The second-order valence-corrected chi connectivity index (χ2v) is 5.48. The summed E-state index contributed by atoms with van der Waals surface area (Å²) in [5.41, 5.74) is 10.5. The largest absolute Gasteiger partial charge is 0.506 e. The van der Waals surface area contributed by atoms with Crippen LogP contribution in [-0.2, 0) is 4.79 Å². The van der Waals surface area contributed by atoms with Crippen molar-refractivity contribution >= 4 is 34.3 Å². The number of aromatic hydroxyl groups is 1. The molecule has 6 N–H and O–H groups in total. The number of nitrogens with two attached hydrogens (primary N) is 2. The molecule has 0 aromatic heterocycles. The molecular formula is C16H13N3O5. The van der Waals surface area contributed by atoms with Gasteiger partial charge >= 0.3 is 0 Å². The molecule has 0 fully saturated rings. The van der Waals surface area contributed by atoms with Crippen LogP contribution in [0.5, 0.6) is 5.75 Å². The van der Waals surface area contributed by atoms with E-state index in [4.69, 9.17) is 11.5 Å². The lowest BCUT2D eigenvalue weighted by molar-refractivity contribution is -0.118. The highest BCUT2D eigenvalue weighted by Gasteiger charge is 2.31. The predicted octanol–water partition coefficient (Wildman–Crippen LogP) is -0.186. The second kappa shape index (κ2) is 5.43. The number of nitrogens with one attached hydrogen (secondary N) is 1. The van der Waals surface area contributed by atoms with E-state index in [2.05, 4.69) is 5.32 Å². The molecule has 1 aliphatic rings. The number of carbonyl (C=O) groups excluding carboxylic acids is 4. The van der Waals surface area contributed by atoms with Crippen LogP contribution >= 0.6 is 0 Å². The Labute approximate surface area is 135 Å². The van der Waals surface area contributed by atoms with Crippen molar-refractivity contribution in [2.24, 2.45) is 11.5 Å². The van der Waals surface area contributed by atoms with Gasteiger partial charge in [-0.2, -0.15) is 0 Å². The molecule has 3 amide bonds. The predicted molar refractivity (Wildman–Crippen MR) is 83.5 cm³/mol. The van der Waals surface area contributed by atoms with Crippen LogP contribution in [0.15, 0.2) is 24.3 Å². The molecule has 8 nitrogen and oxygen atoms in total. The zero-order chi connectivity index (χ0) is 17.6. The Morgan fingerprint density at radius 3 is 2.58 bits per heavy atom. The van der Waals surface area contributed by atoms with Gasteiger partial charge < -0.3 is 16.6 Å². The fourth-order valence-electron chi connectivity index (χ4n) is 2.79. The van der Waals surface area contributed by atoms with Gasteiger partial charge in [-0.25, -0.2) is 0 Å². The summed E-state index contributed by atoms with van der Waals surface area (Å²) < 4.78 is 0. The first-order valence-corrected chi connectivity index (χ1v) is 7.03. The van der Waals surface area contributed by atoms with E-state index in [0.717, 1.165) is 0 Å². The molecule has 2 aromatic rings. The minimum Gasteiger partial charge on any atom is -0.506 e. The zero-order valence-electron chi connectivity index (χ0n) is 12.3. The number of carbonyl (C=O) groups is 4. The number of amides is 3. The van der Waals surface area contributed by atoms with E-state index < -0.39 is 41.7 Å². The maximum Gasteiger partial charge on any atom is 0.262 e. The molecule has 0 aliphatic carbocycles. The number of Topliss-reactive ketones (excluding diaryl/α,β-unsaturated/α-hetero) is 1. The van der Waals surface area contributed by atoms with E-state index in [-0.39, 0.29) is 22.1 Å². The lowest BCUT2D eigenvalue weighted by Crippen LogP contribution is -2.37. The van der Waals surface area contributed by atoms with Crippen LogP contribution in [0.1, 0.15) is 37.5 Å². The Hall–Kier alpha value is -3.26. The van der Waals surface area contributed by atoms with Crippen molar-refractivity contribution in [1.29, 1.82) is 0 Å². The molecule has 0 saturated heterocycles. The topological polar surface area (TPSA) is 153 Å². The van der Waals surface area contributed by atoms with Gasteiger partial charge in [0.15, 0.2) is 5.78 Å². The number of primary amides is 1. The summed E-state index contributed by atoms with van der Waals surface area (Å²) in [5, 5.41) is 13.2. The third kappa shape index (κ3) is 2.29. The highest BCUT2D eigenvalue weighted by Crippen LogP contribution is 2.36. The number of hydrogen-bond acceptors (Lipinski definition) is 6. The molecular weight excluding hydrogens is 314 g/mol. The molecule has 0 unspecified atom stereocenters. The highest BCUT2D eigenvalue weighted by molar-refractivity contribution is 6.28. The molecule has 0 bridgehead atoms. The van der Waals surface area contributed by atoms with E-state index >= 15 is 0 Å². The fraction of sp³-hybridized carbons (Fsp3) is 0.125. The average molecular weight is 327 g/mol. The molecule has 1 atom stereocenters. The molecule has 3 rings (SSSR count). The first kappa shape index (κ1) is 15.6. The van der Waals surface area contributed by atoms with Crippen molar-refractivity contribution in [2.45, 2.75) is 12.5 Å². The van der Waals surface area contributed by atoms with Crippen molar-refractivity contribution in [2.75, 3.05) is 0 Å². The molecule has 24 heavy (non-hydrogen) atoms. The number of rotatable bonds is 4. The third-order valence-electron chi connectivity index (χ3n) is 3.86. The lowest BCUT2D eigenvalue weighted by atomic mass is 9.89. The lowest BCUT2D eigenvalue weighted by Gasteiger charge is -2.20. The van der Waals surface area contributed by atoms with Crippen LogP contribution in [0, 0.1) is 0 Å². The summed E-state index contributed by atoms with van der Waals surface area (Å²) in [4.78, 5) is 47.3. The SMILES string of the molecule is NC(=O)C[C@H](N)C(=O)c1cc2cccc3c2c(c1O)C(=O)NC3=O. The van der Waals surface area contributed by atoms with Gasteiger partial charge in [-0.1, -0.05) is 12.1 Å². The van der Waals surface area contributed by atoms with E-state index in [1.807, 2.05) is 0 Å². The Kier molecular flexibility index (Phi) is 3.53. The number of benzene rings is 2. The maximum absolute atomic E-state index is 12.4. The molecule has 0 spiro atoms. The first-order chi connectivity index (χ1) is 11.3. The van der Waals surface area contributed by atoms with Gasteiger partial charge in [0.1, 0.15) is 5.75 Å². The molecule has 0 saturated carbocycles. The van der Waals surface area contributed by atoms with Crippen LogP contribution in [0.4, 0.5) is 0 Å². The zero-order valence-corrected chi connectivity index (χ0v) is 12.3. The molecule has 1 aliphatic heterocycles. The van der Waals surface area contributed by atoms with Crippen molar-refractivity contribution in [3.63, 3.8) is 0 Å². The normalized spacial score (nSPS) is 14.4. The summed E-state index contributed by atoms with van der Waals surface area (Å²) in [5.74, 6) is -3.45. The summed E-state index contributed by atoms with van der Waals surface area (Å²) in [6.45, 7) is 0. The second-order valence-electron chi connectivity index (χ2n) is 5.48. The number of phenols is 1. The molecule has 2 aromatic carbocycles. The number of ketones is 1. The van der Waals surface area contributed by atoms with Gasteiger partial charge in [0, 0.05) is 17.4 Å². The van der Waals surface area contributed by atoms with Crippen LogP contribution in [-0.4, -0.2) is 34.7 Å². The van der Waals surface area contributed by atoms with E-state index in [9.17, 15) is 24.3 Å². The molecule has 1 heterocycles. The Morgan fingerprint density at radius 2 is 1.92 bits per heavy atom. The van der Waals surface area contributed by atoms with Crippen molar-refractivity contribution in [3.8, 4) is 5.75 Å². The maximum atomic E-state index is 12.4. The Bertz CT molecular complexity index is 935. The fourth-order valence-corrected chi connectivity index (χ4v) is 2.79. The van der Waals surface area contributed by atoms with Crippen molar-refractivity contribution in [1.82, 2.24) is 5.32 Å². The van der Waals surface area contributed by atoms with Crippen molar-refractivity contribution in [3.05, 3.63) is 41.0 Å². The Morgan fingerprint density at radius 1 is 1.21 bits per heavy atom. The Balaban J connectivity index is 2.25. The van der Waals surface area contributed by atoms with Crippen LogP contribution < -0.4 is 16.8 Å². The van der Waals surface area contributed by atoms with Crippen molar-refractivity contribution < 1.29 is 24.3 Å². The van der Waals surface area contributed by atoms with E-state index in [1.165, 1.54) is 12.1 Å². The standard InChI is InChI=1S/C16H13N3O5/c17-9(5-10(18)20)13(21)8-4-6-2-1-3-7-11(6)12(14(8)22)16(24)19-15(7)23/h1-4,9,22H,5,17H2,(H2,18,20)(H,19,23,24)/t9-/m0/s1. The monoisotopic (exact) mass is 327 g/mol. The quantitative estimate of drug-likeness (QED) is 0.451. The summed E-state index contributed by atoms with van der Waals surface area (Å²) in [6, 6.07) is 4.80. The first-order valence-electron chi connectivity index (χ1n) is 7.03. The number of hydrogen-bond donors (Lipinski definition) is 4. The summed E-state index contributed by atoms with van der Waals surface area (Å²) in [7, 11) is 0. The van der Waals surface area contributed by atoms with Crippen LogP contribution in [0.25, 0.3) is 10.8 Å². The van der Waals surface area contributed by atoms with Gasteiger partial charge in [0.25, 0.3) is 11.8 Å². The average Bonchev–Trinajstić information content (AvgIpc) is 2.51. The number of phenolic OH excluding ortho intramolecular Hbond substituents is 1. The summed E-state index contributed by atoms with van der Waals surface area (Å²) >= 11 is 0. The van der Waals surface area contributed by atoms with Gasteiger partial charge in [-0.05, 0) is 17.5 Å². The van der Waals surface area contributed by atoms with Gasteiger partial charge in [-0.15, -0.1) is 0 Å². The summed E-state index contributed by atoms with van der Waals surface area (Å²) in [6.07, 6.45) is -0.392. The highest BCUT2D eigenvalue weighted by atomic mass is 16.3. The minimum atomic E-state index is -1.24. The van der Waals surface area contributed by atoms with E-state index in [0.29, 0.717) is 5.39 Å². The van der Waals surface area contributed by atoms with Crippen LogP contribution in [0.2, 0.25) is 0 Å². The minimum absolute atomic E-state index is 0.169.